The van der Waals surface area contributed by atoms with Gasteiger partial charge in [-0.15, -0.1) is 4.40 Å². The van der Waals surface area contributed by atoms with Crippen molar-refractivity contribution in [1.29, 1.82) is 0 Å². The molecule has 0 saturated heterocycles. The van der Waals surface area contributed by atoms with Crippen LogP contribution in [0.4, 0.5) is 0 Å². The normalized spacial score (nSPS) is 28.6. The monoisotopic (exact) mass is 609 g/mol. The molecule has 0 radical (unpaired) electrons. The summed E-state index contributed by atoms with van der Waals surface area (Å²) in [5.74, 6) is 2.88. The van der Waals surface area contributed by atoms with Gasteiger partial charge in [0.1, 0.15) is 5.75 Å². The smallest absolute Gasteiger partial charge is 0.285 e. The summed E-state index contributed by atoms with van der Waals surface area (Å²) >= 11 is 0. The Kier molecular flexibility index (Phi) is 9.92. The highest BCUT2D eigenvalue weighted by Crippen LogP contribution is 2.66. The Morgan fingerprint density at radius 3 is 2.47 bits per heavy atom. The number of ether oxygens (including phenoxy) is 3. The topological polar surface area (TPSA) is 74.2 Å². The lowest BCUT2D eigenvalue weighted by Crippen LogP contribution is -2.53. The van der Waals surface area contributed by atoms with E-state index in [-0.39, 0.29) is 10.3 Å². The first kappa shape index (κ1) is 32.0. The third-order valence-corrected chi connectivity index (χ3v) is 12.4. The minimum absolute atomic E-state index is 0.0915. The van der Waals surface area contributed by atoms with Gasteiger partial charge in [-0.2, -0.15) is 8.42 Å². The van der Waals surface area contributed by atoms with Gasteiger partial charge in [0.2, 0.25) is 5.90 Å². The van der Waals surface area contributed by atoms with Crippen molar-refractivity contribution in [1.82, 2.24) is 0 Å². The molecule has 5 atom stereocenters. The fourth-order valence-electron chi connectivity index (χ4n) is 8.62. The van der Waals surface area contributed by atoms with Crippen LogP contribution in [0.5, 0.6) is 5.75 Å². The first-order valence-electron chi connectivity index (χ1n) is 16.4. The van der Waals surface area contributed by atoms with Crippen molar-refractivity contribution in [2.45, 2.75) is 114 Å². The van der Waals surface area contributed by atoms with E-state index in [9.17, 15) is 8.42 Å². The molecule has 43 heavy (non-hydrogen) atoms. The molecule has 2 fully saturated rings. The van der Waals surface area contributed by atoms with Crippen LogP contribution in [0.2, 0.25) is 0 Å². The zero-order chi connectivity index (χ0) is 30.7. The Morgan fingerprint density at radius 2 is 1.74 bits per heavy atom. The molecule has 0 N–H and O–H groups in total. The molecule has 0 spiro atoms. The Labute approximate surface area is 259 Å². The van der Waals surface area contributed by atoms with Crippen molar-refractivity contribution >= 4 is 15.9 Å². The van der Waals surface area contributed by atoms with Crippen molar-refractivity contribution in [3.63, 3.8) is 0 Å². The number of benzene rings is 2. The molecule has 2 saturated carbocycles. The van der Waals surface area contributed by atoms with Crippen LogP contribution in [0.25, 0.3) is 0 Å². The first-order valence-corrected chi connectivity index (χ1v) is 17.9. The molecule has 0 amide bonds. The number of nitrogens with zero attached hydrogens (tertiary/aromatic N) is 1. The highest BCUT2D eigenvalue weighted by molar-refractivity contribution is 7.90. The second-order valence-electron chi connectivity index (χ2n) is 13.4. The van der Waals surface area contributed by atoms with Crippen LogP contribution in [0.1, 0.15) is 107 Å². The number of hydrogen-bond acceptors (Lipinski definition) is 5. The van der Waals surface area contributed by atoms with E-state index in [4.69, 9.17) is 14.2 Å². The van der Waals surface area contributed by atoms with Crippen LogP contribution in [0, 0.1) is 24.2 Å². The van der Waals surface area contributed by atoms with Crippen LogP contribution in [-0.2, 0) is 25.9 Å². The molecule has 3 aliphatic carbocycles. The maximum atomic E-state index is 13.5. The summed E-state index contributed by atoms with van der Waals surface area (Å²) in [6.07, 6.45) is 12.2. The average Bonchev–Trinajstić information content (AvgIpc) is 3.30. The van der Waals surface area contributed by atoms with E-state index in [1.54, 1.807) is 26.4 Å². The molecule has 3 aliphatic rings. The highest BCUT2D eigenvalue weighted by Gasteiger charge is 2.63. The zero-order valence-corrected chi connectivity index (χ0v) is 27.7. The Balaban J connectivity index is 1.40. The molecule has 0 unspecified atom stereocenters. The van der Waals surface area contributed by atoms with Gasteiger partial charge in [0.05, 0.1) is 30.6 Å². The third kappa shape index (κ3) is 6.40. The summed E-state index contributed by atoms with van der Waals surface area (Å²) in [7, 11) is -0.372. The van der Waals surface area contributed by atoms with Gasteiger partial charge in [-0.25, -0.2) is 0 Å². The van der Waals surface area contributed by atoms with E-state index in [0.29, 0.717) is 36.7 Å². The van der Waals surface area contributed by atoms with E-state index in [1.165, 1.54) is 30.4 Å². The van der Waals surface area contributed by atoms with E-state index >= 15 is 0 Å². The molecule has 2 aromatic rings. The summed E-state index contributed by atoms with van der Waals surface area (Å²) in [4.78, 5) is 0.196. The maximum Gasteiger partial charge on any atom is 0.285 e. The number of sulfonamides is 1. The summed E-state index contributed by atoms with van der Waals surface area (Å²) < 4.78 is 49.6. The summed E-state index contributed by atoms with van der Waals surface area (Å²) in [5.41, 5.74) is 3.32. The Hall–Kier alpha value is -2.38. The van der Waals surface area contributed by atoms with Gasteiger partial charge in [-0.1, -0.05) is 63.3 Å². The molecule has 0 aromatic heterocycles. The van der Waals surface area contributed by atoms with Crippen molar-refractivity contribution in [2.24, 2.45) is 21.6 Å². The van der Waals surface area contributed by atoms with Crippen molar-refractivity contribution in [3.8, 4) is 5.75 Å². The van der Waals surface area contributed by atoms with E-state index in [0.717, 1.165) is 62.7 Å². The highest BCUT2D eigenvalue weighted by atomic mass is 32.2. The Bertz CT molecular complexity index is 1390. The predicted molar refractivity (Wildman–Crippen MR) is 172 cm³/mol. The van der Waals surface area contributed by atoms with Crippen LogP contribution in [0.3, 0.4) is 0 Å². The number of fused-ring (bicyclic) bond motifs is 5. The lowest BCUT2D eigenvalue weighted by Gasteiger charge is -2.54. The molecular weight excluding hydrogens is 558 g/mol. The van der Waals surface area contributed by atoms with E-state index in [2.05, 4.69) is 36.4 Å². The fraction of sp³-hybridized carbons (Fsp3) is 0.639. The van der Waals surface area contributed by atoms with Gasteiger partial charge in [0.25, 0.3) is 10.0 Å². The van der Waals surface area contributed by atoms with Crippen molar-refractivity contribution < 1.29 is 22.6 Å². The zero-order valence-electron chi connectivity index (χ0n) is 26.9. The number of methoxy groups -OCH3 is 2. The number of unbranched alkanes of at least 4 members (excludes halogenated alkanes) is 4. The lowest BCUT2D eigenvalue weighted by molar-refractivity contribution is -0.123. The minimum atomic E-state index is -3.91. The SMILES string of the molecule is CCCCCCCO/C(C[C@]1(OC)CC[C@H]2[C@@H]3CCc4cc(OC)ccc4[C@H]3CC[C@@]21C)=N/S(=O)(=O)c1ccc(C)cc1. The number of aryl methyl sites for hydroxylation is 2. The van der Waals surface area contributed by atoms with Gasteiger partial charge in [-0.3, -0.25) is 0 Å². The standard InChI is InChI=1S/C36H51NO5S/c1-6-7-8-9-10-23-42-34(37-43(38,39)29-15-11-26(2)12-16-29)25-36(41-5)22-20-33-32-17-13-27-24-28(40-4)14-18-30(27)31(32)19-21-35(33,36)3/h11-12,14-16,18,24,31-33H,6-10,13,17,19-23,25H2,1-5H3/b37-34+/t31-,32-,33+,35+,36-/m1/s1. The lowest BCUT2D eigenvalue weighted by atomic mass is 9.53. The quantitative estimate of drug-likeness (QED) is 0.137. The molecule has 0 bridgehead atoms. The van der Waals surface area contributed by atoms with Crippen molar-refractivity contribution in [2.75, 3.05) is 20.8 Å². The fourth-order valence-corrected chi connectivity index (χ4v) is 9.59. The van der Waals surface area contributed by atoms with Crippen LogP contribution < -0.4 is 4.74 Å². The molecular formula is C36H51NO5S. The molecule has 0 aliphatic heterocycles. The number of rotatable bonds is 12. The summed E-state index contributed by atoms with van der Waals surface area (Å²) in [6.45, 7) is 7.01. The summed E-state index contributed by atoms with van der Waals surface area (Å²) in [6, 6.07) is 13.5. The van der Waals surface area contributed by atoms with Gasteiger partial charge < -0.3 is 14.2 Å². The first-order chi connectivity index (χ1) is 20.7. The molecule has 7 heteroatoms. The molecule has 5 rings (SSSR count). The minimum Gasteiger partial charge on any atom is -0.497 e. The summed E-state index contributed by atoms with van der Waals surface area (Å²) in [5, 5.41) is 0. The largest absolute Gasteiger partial charge is 0.497 e. The third-order valence-electron chi connectivity index (χ3n) is 11.1. The van der Waals surface area contributed by atoms with Gasteiger partial charge >= 0.3 is 0 Å². The van der Waals surface area contributed by atoms with Crippen LogP contribution >= 0.6 is 0 Å². The second-order valence-corrected chi connectivity index (χ2v) is 15.0. The van der Waals surface area contributed by atoms with Crippen molar-refractivity contribution in [3.05, 3.63) is 59.2 Å². The van der Waals surface area contributed by atoms with Crippen LogP contribution in [0.15, 0.2) is 51.8 Å². The van der Waals surface area contributed by atoms with Gasteiger partial charge in [-0.05, 0) is 105 Å². The van der Waals surface area contributed by atoms with Gasteiger partial charge in [0, 0.05) is 12.5 Å². The van der Waals surface area contributed by atoms with E-state index < -0.39 is 15.6 Å². The van der Waals surface area contributed by atoms with Crippen LogP contribution in [-0.4, -0.2) is 40.7 Å². The van der Waals surface area contributed by atoms with Gasteiger partial charge in [0.15, 0.2) is 0 Å². The Morgan fingerprint density at radius 1 is 0.977 bits per heavy atom. The molecule has 236 valence electrons. The molecule has 6 nitrogen and oxygen atoms in total. The maximum absolute atomic E-state index is 13.5. The predicted octanol–water partition coefficient (Wildman–Crippen LogP) is 8.41. The van der Waals surface area contributed by atoms with E-state index in [1.807, 2.05) is 19.1 Å². The number of hydrogen-bond donors (Lipinski definition) is 0. The molecule has 2 aromatic carbocycles. The molecule has 0 heterocycles. The average molecular weight is 610 g/mol. The second kappa shape index (κ2) is 13.3.